The molecule has 0 radical (unpaired) electrons. The molecule has 226 valence electrons. The van der Waals surface area contributed by atoms with E-state index in [0.717, 1.165) is 35.0 Å². The first-order chi connectivity index (χ1) is 20.6. The molecule has 2 heterocycles. The molecule has 13 heteroatoms. The molecular weight excluding hydrogens is 688 g/mol. The minimum absolute atomic E-state index is 0. The third-order valence-corrected chi connectivity index (χ3v) is 7.07. The van der Waals surface area contributed by atoms with Gasteiger partial charge in [-0.2, -0.15) is 43.5 Å². The predicted octanol–water partition coefficient (Wildman–Crippen LogP) is 8.27. The second-order valence-corrected chi connectivity index (χ2v) is 10.2. The smallest absolute Gasteiger partial charge is 0.572 e. The molecule has 0 aliphatic carbocycles. The van der Waals surface area contributed by atoms with E-state index in [1.54, 1.807) is 30.7 Å². The van der Waals surface area contributed by atoms with Gasteiger partial charge in [-0.15, -0.1) is 5.69 Å². The van der Waals surface area contributed by atoms with Crippen LogP contribution >= 0.6 is 0 Å². The maximum Gasteiger partial charge on any atom is 2.00 e. The van der Waals surface area contributed by atoms with Crippen molar-refractivity contribution >= 4 is 43.1 Å². The molecule has 6 rings (SSSR count). The molecule has 0 atom stereocenters. The fraction of sp³-hybridized carbons (Fsp3) is 0.0323. The first-order valence-electron chi connectivity index (χ1n) is 12.4. The van der Waals surface area contributed by atoms with Gasteiger partial charge in [-0.05, 0) is 41.1 Å². The van der Waals surface area contributed by atoms with Crippen LogP contribution in [0.4, 0.5) is 24.5 Å². The Morgan fingerprint density at radius 3 is 1.95 bits per heavy atom. The van der Waals surface area contributed by atoms with E-state index in [4.69, 9.17) is 0 Å². The monoisotopic (exact) mass is 708 g/mol. The van der Waals surface area contributed by atoms with Crippen LogP contribution in [0.25, 0.3) is 26.4 Å². The van der Waals surface area contributed by atoms with E-state index < -0.39 is 26.7 Å². The molecule has 8 nitrogen and oxygen atoms in total. The number of nitrogens with zero attached hydrogens (tertiary/aromatic N) is 4. The Labute approximate surface area is 264 Å². The Balaban J connectivity index is 0.000000255. The molecule has 44 heavy (non-hydrogen) atoms. The molecule has 2 aromatic heterocycles. The maximum absolute atomic E-state index is 12.7. The fourth-order valence-electron chi connectivity index (χ4n) is 3.78. The van der Waals surface area contributed by atoms with Crippen molar-refractivity contribution in [2.45, 2.75) is 11.1 Å². The van der Waals surface area contributed by atoms with Crippen LogP contribution in [0.2, 0.25) is 0 Å². The van der Waals surface area contributed by atoms with Crippen LogP contribution in [0.1, 0.15) is 5.56 Å². The number of sulfonamides is 1. The number of fused-ring (bicyclic) bond motifs is 3. The summed E-state index contributed by atoms with van der Waals surface area (Å²) >= 11 is 0. The second-order valence-electron chi connectivity index (χ2n) is 8.64. The van der Waals surface area contributed by atoms with Crippen LogP contribution in [-0.2, 0) is 36.6 Å². The zero-order valence-electron chi connectivity index (χ0n) is 22.4. The van der Waals surface area contributed by atoms with Crippen molar-refractivity contribution in [2.75, 3.05) is 0 Å². The summed E-state index contributed by atoms with van der Waals surface area (Å²) in [6.45, 7) is 0. The van der Waals surface area contributed by atoms with Gasteiger partial charge in [0.05, 0.1) is 15.3 Å². The van der Waals surface area contributed by atoms with Gasteiger partial charge < -0.3 is 4.72 Å². The van der Waals surface area contributed by atoms with Crippen molar-refractivity contribution in [3.05, 3.63) is 154 Å². The Kier molecular flexibility index (Phi) is 11.6. The number of halogens is 3. The van der Waals surface area contributed by atoms with Gasteiger partial charge in [0.1, 0.15) is 10.0 Å². The largest absolute Gasteiger partial charge is 2.00 e. The van der Waals surface area contributed by atoms with Gasteiger partial charge in [-0.25, -0.2) is 8.42 Å². The first kappa shape index (κ1) is 33.8. The molecule has 0 aliphatic rings. The molecule has 0 aliphatic heterocycles. The van der Waals surface area contributed by atoms with Gasteiger partial charge in [-0.3, -0.25) is 20.1 Å². The van der Waals surface area contributed by atoms with E-state index in [-0.39, 0.29) is 36.7 Å². The quantitative estimate of drug-likeness (QED) is 0.0598. The summed E-state index contributed by atoms with van der Waals surface area (Å²) in [5.74, 6) is 0. The summed E-state index contributed by atoms with van der Waals surface area (Å²) in [5.41, 5.74) is 0.115. The number of pyridine rings is 2. The van der Waals surface area contributed by atoms with Crippen LogP contribution in [0, 0.1) is 16.2 Å². The molecule has 0 N–H and O–H groups in total. The summed E-state index contributed by atoms with van der Waals surface area (Å²) in [5, 5.41) is 13.1. The summed E-state index contributed by atoms with van der Waals surface area (Å²) < 4.78 is 64.7. The van der Waals surface area contributed by atoms with Crippen molar-refractivity contribution in [1.82, 2.24) is 9.97 Å². The molecule has 0 bridgehead atoms. The minimum atomic E-state index is -4.23. The number of aromatic nitrogens is 2. The van der Waals surface area contributed by atoms with E-state index in [0.29, 0.717) is 10.9 Å². The fourth-order valence-corrected chi connectivity index (χ4v) is 4.78. The molecule has 6 aromatic rings. The van der Waals surface area contributed by atoms with Crippen molar-refractivity contribution in [3.8, 4) is 0 Å². The number of rotatable bonds is 4. The van der Waals surface area contributed by atoms with Gasteiger partial charge in [0.15, 0.2) is 0 Å². The molecule has 0 fully saturated rings. The Morgan fingerprint density at radius 1 is 0.773 bits per heavy atom. The number of alkyl halides is 3. The molecule has 0 spiro atoms. The Bertz CT molecular complexity index is 1900. The molecule has 0 amide bonds. The first-order valence-corrected chi connectivity index (χ1v) is 13.9. The van der Waals surface area contributed by atoms with Crippen molar-refractivity contribution in [2.24, 2.45) is 0 Å². The van der Waals surface area contributed by atoms with Gasteiger partial charge in [0, 0.05) is 36.1 Å². The summed E-state index contributed by atoms with van der Waals surface area (Å²) in [7, 11) is -4.04. The summed E-state index contributed by atoms with van der Waals surface area (Å²) in [6, 6.07) is 30.0. The number of hydrogen-bond acceptors (Lipinski definition) is 6. The van der Waals surface area contributed by atoms with Crippen LogP contribution in [0.15, 0.2) is 133 Å². The van der Waals surface area contributed by atoms with Crippen LogP contribution in [-0.4, -0.2) is 23.3 Å². The Morgan fingerprint density at radius 2 is 1.41 bits per heavy atom. The van der Waals surface area contributed by atoms with Crippen molar-refractivity contribution in [1.29, 1.82) is 0 Å². The SMILES string of the molecule is FC(F)(F)c1cc[c-]cc1.O=[N+]([O-])c1ccc(S(=O)(=O)[N-]c2cccc3ccc4cccnc4c23)cc1.[Pd+2].c1ccncc1. The average Bonchev–Trinajstić information content (AvgIpc) is 3.02. The second kappa shape index (κ2) is 15.2. The van der Waals surface area contributed by atoms with E-state index in [2.05, 4.69) is 20.8 Å². The van der Waals surface area contributed by atoms with Gasteiger partial charge in [-0.1, -0.05) is 48.0 Å². The summed E-state index contributed by atoms with van der Waals surface area (Å²) in [6.07, 6.45) is 0.915. The van der Waals surface area contributed by atoms with Crippen LogP contribution < -0.4 is 0 Å². The zero-order chi connectivity index (χ0) is 30.9. The minimum Gasteiger partial charge on any atom is -0.572 e. The molecule has 4 aromatic carbocycles. The van der Waals surface area contributed by atoms with E-state index in [9.17, 15) is 31.7 Å². The number of benzene rings is 4. The van der Waals surface area contributed by atoms with Crippen LogP contribution in [0.3, 0.4) is 0 Å². The van der Waals surface area contributed by atoms with E-state index >= 15 is 0 Å². The number of nitro benzene ring substituents is 1. The van der Waals surface area contributed by atoms with E-state index in [1.807, 2.05) is 48.5 Å². The standard InChI is InChI=1S/C19H12N3O4S.C7H4F3.C5H5N.Pd/c23-22(24)15-8-10-16(11-9-15)27(25,26)21-17-5-1-3-13-6-7-14-4-2-12-20-19(14)18(13)17;8-7(9,10)6-4-2-1-3-5-6;1-2-4-6-5-3-1;/h1-12H;2-5H;1-5H;/q2*-1;;+2. The van der Waals surface area contributed by atoms with E-state index in [1.165, 1.54) is 24.3 Å². The number of non-ortho nitro benzene ring substituents is 1. The van der Waals surface area contributed by atoms with Crippen LogP contribution in [0.5, 0.6) is 0 Å². The van der Waals surface area contributed by atoms with Crippen molar-refractivity contribution < 1.29 is 46.9 Å². The topological polar surface area (TPSA) is 117 Å². The zero-order valence-corrected chi connectivity index (χ0v) is 24.8. The normalized spacial score (nSPS) is 10.8. The maximum atomic E-state index is 12.7. The molecule has 0 saturated heterocycles. The van der Waals surface area contributed by atoms with Gasteiger partial charge in [0.2, 0.25) is 0 Å². The Hall–Kier alpha value is -4.70. The van der Waals surface area contributed by atoms with Gasteiger partial charge >= 0.3 is 26.6 Å². The third-order valence-electron chi connectivity index (χ3n) is 5.77. The average molecular weight is 709 g/mol. The van der Waals surface area contributed by atoms with Gasteiger partial charge in [0.25, 0.3) is 5.69 Å². The third kappa shape index (κ3) is 8.90. The number of hydrogen-bond donors (Lipinski definition) is 0. The summed E-state index contributed by atoms with van der Waals surface area (Å²) in [4.78, 5) is 18.2. The molecule has 0 saturated carbocycles. The molecular formula is C31H21F3N4O4PdS. The predicted molar refractivity (Wildman–Crippen MR) is 157 cm³/mol. The van der Waals surface area contributed by atoms with Crippen molar-refractivity contribution in [3.63, 3.8) is 0 Å². The molecule has 0 unspecified atom stereocenters. The number of nitro groups is 1.